The third-order valence-electron chi connectivity index (χ3n) is 6.06. The summed E-state index contributed by atoms with van der Waals surface area (Å²) in [4.78, 5) is 24.8. The quantitative estimate of drug-likeness (QED) is 0.659. The minimum absolute atomic E-state index is 0.0297. The summed E-state index contributed by atoms with van der Waals surface area (Å²) in [6.07, 6.45) is 4.87. The van der Waals surface area contributed by atoms with Gasteiger partial charge in [-0.05, 0) is 81.7 Å². The molecular weight excluding hydrogens is 374 g/mol. The van der Waals surface area contributed by atoms with E-state index >= 15 is 0 Å². The van der Waals surface area contributed by atoms with Crippen LogP contribution in [0.4, 0.5) is 5.69 Å². The van der Waals surface area contributed by atoms with E-state index in [4.69, 9.17) is 0 Å². The van der Waals surface area contributed by atoms with Gasteiger partial charge in [0.15, 0.2) is 6.04 Å². The van der Waals surface area contributed by atoms with Crippen LogP contribution in [0.15, 0.2) is 36.4 Å². The highest BCUT2D eigenvalue weighted by atomic mass is 16.2. The molecule has 2 atom stereocenters. The van der Waals surface area contributed by atoms with Gasteiger partial charge in [-0.15, -0.1) is 0 Å². The number of anilines is 1. The molecule has 0 bridgehead atoms. The predicted molar refractivity (Wildman–Crippen MR) is 120 cm³/mol. The molecule has 0 radical (unpaired) electrons. The first-order valence-corrected chi connectivity index (χ1v) is 11.0. The molecule has 0 aliphatic heterocycles. The van der Waals surface area contributed by atoms with Crippen LogP contribution in [0.2, 0.25) is 0 Å². The first-order valence-electron chi connectivity index (χ1n) is 11.0. The van der Waals surface area contributed by atoms with Gasteiger partial charge in [-0.1, -0.05) is 30.3 Å². The average molecular weight is 409 g/mol. The zero-order valence-corrected chi connectivity index (χ0v) is 18.5. The van der Waals surface area contributed by atoms with Gasteiger partial charge in [0, 0.05) is 11.3 Å². The summed E-state index contributed by atoms with van der Waals surface area (Å²) in [5.41, 5.74) is 7.02. The molecule has 0 fully saturated rings. The molecule has 30 heavy (non-hydrogen) atoms. The van der Waals surface area contributed by atoms with Crippen LogP contribution in [0.25, 0.3) is 0 Å². The molecule has 1 aliphatic rings. The molecule has 0 spiro atoms. The fourth-order valence-electron chi connectivity index (χ4n) is 4.19. The van der Waals surface area contributed by atoms with Gasteiger partial charge in [0.1, 0.15) is 6.04 Å². The van der Waals surface area contributed by atoms with Gasteiger partial charge in [-0.25, -0.2) is 0 Å². The number of rotatable bonds is 7. The number of hydrogen-bond acceptors (Lipinski definition) is 2. The van der Waals surface area contributed by atoms with Crippen molar-refractivity contribution in [3.05, 3.63) is 64.2 Å². The third-order valence-corrected chi connectivity index (χ3v) is 6.06. The summed E-state index contributed by atoms with van der Waals surface area (Å²) in [7, 11) is 0. The second kappa shape index (κ2) is 9.90. The Morgan fingerprint density at radius 2 is 1.67 bits per heavy atom. The Morgan fingerprint density at radius 3 is 2.37 bits per heavy atom. The van der Waals surface area contributed by atoms with E-state index in [1.165, 1.54) is 36.0 Å². The van der Waals surface area contributed by atoms with E-state index < -0.39 is 0 Å². The van der Waals surface area contributed by atoms with Crippen LogP contribution in [0, 0.1) is 13.8 Å². The molecule has 3 rings (SSSR count). The van der Waals surface area contributed by atoms with E-state index in [2.05, 4.69) is 41.1 Å². The van der Waals surface area contributed by atoms with E-state index in [1.54, 1.807) is 0 Å². The van der Waals surface area contributed by atoms with Gasteiger partial charge >= 0.3 is 0 Å². The highest BCUT2D eigenvalue weighted by Gasteiger charge is 2.22. The minimum atomic E-state index is -0.274. The normalized spacial score (nSPS) is 15.1. The van der Waals surface area contributed by atoms with Gasteiger partial charge in [-0.2, -0.15) is 0 Å². The molecule has 1 aliphatic carbocycles. The number of aryl methyl sites for hydroxylation is 4. The maximum atomic E-state index is 12.5. The molecular formula is C25H34N3O2+. The molecule has 2 aromatic rings. The van der Waals surface area contributed by atoms with Crippen molar-refractivity contribution in [3.63, 3.8) is 0 Å². The third kappa shape index (κ3) is 5.48. The summed E-state index contributed by atoms with van der Waals surface area (Å²) < 4.78 is 0. The van der Waals surface area contributed by atoms with Crippen molar-refractivity contribution in [2.45, 2.75) is 65.5 Å². The van der Waals surface area contributed by atoms with Crippen molar-refractivity contribution in [1.82, 2.24) is 5.32 Å². The summed E-state index contributed by atoms with van der Waals surface area (Å²) in [6, 6.07) is 12.5. The first kappa shape index (κ1) is 22.0. The smallest absolute Gasteiger partial charge is 0.278 e. The fraction of sp³-hybridized carbons (Fsp3) is 0.440. The fourth-order valence-corrected chi connectivity index (χ4v) is 4.19. The number of carbonyl (C=O) groups excluding carboxylic acids is 2. The van der Waals surface area contributed by atoms with E-state index in [0.717, 1.165) is 23.2 Å². The van der Waals surface area contributed by atoms with Crippen molar-refractivity contribution in [3.8, 4) is 0 Å². The van der Waals surface area contributed by atoms with Gasteiger partial charge in [0.25, 0.3) is 5.91 Å². The second-order valence-corrected chi connectivity index (χ2v) is 8.54. The van der Waals surface area contributed by atoms with Gasteiger partial charge < -0.3 is 16.0 Å². The van der Waals surface area contributed by atoms with Crippen molar-refractivity contribution < 1.29 is 14.9 Å². The Morgan fingerprint density at radius 1 is 1.00 bits per heavy atom. The number of hydrogen-bond donors (Lipinski definition) is 3. The zero-order valence-electron chi connectivity index (χ0n) is 18.5. The van der Waals surface area contributed by atoms with E-state index in [1.807, 2.05) is 39.0 Å². The number of fused-ring (bicyclic) bond motifs is 1. The highest BCUT2D eigenvalue weighted by Crippen LogP contribution is 2.24. The van der Waals surface area contributed by atoms with Crippen molar-refractivity contribution in [1.29, 1.82) is 0 Å². The first-order chi connectivity index (χ1) is 14.3. The predicted octanol–water partition coefficient (Wildman–Crippen LogP) is 2.95. The van der Waals surface area contributed by atoms with Crippen LogP contribution in [-0.4, -0.2) is 24.4 Å². The molecule has 4 N–H and O–H groups in total. The van der Waals surface area contributed by atoms with Crippen LogP contribution in [-0.2, 0) is 22.4 Å². The topological polar surface area (TPSA) is 74.8 Å². The lowest BCUT2D eigenvalue weighted by Crippen LogP contribution is -2.92. The Balaban J connectivity index is 1.50. The lowest BCUT2D eigenvalue weighted by Gasteiger charge is -2.20. The summed E-state index contributed by atoms with van der Waals surface area (Å²) in [5.74, 6) is -0.341. The SMILES string of the molecule is Cc1cccc(C)c1NC(=O)CNC(=O)[C@H](C)[NH2+][C@@H](C)c1ccc2c(c1)CCCC2. The molecule has 160 valence electrons. The van der Waals surface area contributed by atoms with Crippen molar-refractivity contribution in [2.75, 3.05) is 11.9 Å². The number of amides is 2. The lowest BCUT2D eigenvalue weighted by atomic mass is 9.89. The standard InChI is InChI=1S/C25H33N3O2/c1-16-8-7-9-17(2)24(16)28-23(29)15-26-25(30)19(4)27-18(3)21-13-12-20-10-5-6-11-22(20)14-21/h7-9,12-14,18-19,27H,5-6,10-11,15H2,1-4H3,(H,26,30)(H,28,29)/p+1/t18-,19-/m0/s1. The van der Waals surface area contributed by atoms with Crippen LogP contribution in [0.1, 0.15) is 60.5 Å². The summed E-state index contributed by atoms with van der Waals surface area (Å²) in [5, 5.41) is 7.73. The molecule has 2 amide bonds. The Labute approximate surface area is 179 Å². The highest BCUT2D eigenvalue weighted by molar-refractivity contribution is 5.96. The molecule has 0 aromatic heterocycles. The molecule has 0 unspecified atom stereocenters. The number of para-hydroxylation sites is 1. The molecule has 0 saturated carbocycles. The Hall–Kier alpha value is -2.66. The van der Waals surface area contributed by atoms with Gasteiger partial charge in [0.2, 0.25) is 5.91 Å². The zero-order chi connectivity index (χ0) is 21.7. The van der Waals surface area contributed by atoms with Crippen LogP contribution >= 0.6 is 0 Å². The second-order valence-electron chi connectivity index (χ2n) is 8.54. The maximum absolute atomic E-state index is 12.5. The minimum Gasteiger partial charge on any atom is -0.342 e. The van der Waals surface area contributed by atoms with Crippen LogP contribution in [0.3, 0.4) is 0 Å². The molecule has 0 saturated heterocycles. The number of carbonyl (C=O) groups is 2. The van der Waals surface area contributed by atoms with Crippen LogP contribution < -0.4 is 16.0 Å². The number of benzene rings is 2. The summed E-state index contributed by atoms with van der Waals surface area (Å²) in [6.45, 7) is 7.90. The lowest BCUT2D eigenvalue weighted by molar-refractivity contribution is -0.710. The van der Waals surface area contributed by atoms with Gasteiger partial charge in [0.05, 0.1) is 6.54 Å². The molecule has 5 nitrogen and oxygen atoms in total. The number of nitrogens with two attached hydrogens (primary N) is 1. The molecule has 5 heteroatoms. The van der Waals surface area contributed by atoms with Crippen LogP contribution in [0.5, 0.6) is 0 Å². The Bertz CT molecular complexity index is 902. The van der Waals surface area contributed by atoms with E-state index in [-0.39, 0.29) is 30.4 Å². The largest absolute Gasteiger partial charge is 0.342 e. The van der Waals surface area contributed by atoms with Gasteiger partial charge in [-0.3, -0.25) is 9.59 Å². The van der Waals surface area contributed by atoms with Crippen molar-refractivity contribution >= 4 is 17.5 Å². The number of quaternary nitrogens is 1. The maximum Gasteiger partial charge on any atom is 0.278 e. The average Bonchev–Trinajstić information content (AvgIpc) is 2.74. The van der Waals surface area contributed by atoms with Crippen molar-refractivity contribution in [2.24, 2.45) is 0 Å². The molecule has 0 heterocycles. The monoisotopic (exact) mass is 408 g/mol. The van der Waals surface area contributed by atoms with E-state index in [9.17, 15) is 9.59 Å². The summed E-state index contributed by atoms with van der Waals surface area (Å²) >= 11 is 0. The molecule has 2 aromatic carbocycles. The number of nitrogens with one attached hydrogen (secondary N) is 2. The Kier molecular flexibility index (Phi) is 7.27. The van der Waals surface area contributed by atoms with E-state index in [0.29, 0.717) is 0 Å².